The third-order valence-corrected chi connectivity index (χ3v) is 6.43. The van der Waals surface area contributed by atoms with Gasteiger partial charge in [0.25, 0.3) is 5.91 Å². The van der Waals surface area contributed by atoms with Crippen molar-refractivity contribution in [3.8, 4) is 0 Å². The minimum atomic E-state index is -0.209. The van der Waals surface area contributed by atoms with E-state index in [1.54, 1.807) is 23.5 Å². The van der Waals surface area contributed by atoms with Crippen LogP contribution in [-0.2, 0) is 0 Å². The van der Waals surface area contributed by atoms with Crippen LogP contribution in [0.3, 0.4) is 0 Å². The van der Waals surface area contributed by atoms with Crippen molar-refractivity contribution < 1.29 is 9.21 Å². The summed E-state index contributed by atoms with van der Waals surface area (Å²) in [4.78, 5) is 18.7. The van der Waals surface area contributed by atoms with Crippen LogP contribution in [0.15, 0.2) is 53.1 Å². The van der Waals surface area contributed by atoms with E-state index in [2.05, 4.69) is 66.3 Å². The summed E-state index contributed by atoms with van der Waals surface area (Å²) in [5.74, 6) is 0.118. The predicted molar refractivity (Wildman–Crippen MR) is 118 cm³/mol. The number of benzene rings is 1. The van der Waals surface area contributed by atoms with Gasteiger partial charge in [-0.15, -0.1) is 11.3 Å². The number of hydrogen-bond donors (Lipinski definition) is 1. The highest BCUT2D eigenvalue weighted by Crippen LogP contribution is 2.39. The second kappa shape index (κ2) is 8.53. The fourth-order valence-electron chi connectivity index (χ4n) is 3.82. The second-order valence-electron chi connectivity index (χ2n) is 7.73. The molecule has 1 saturated heterocycles. The molecule has 152 valence electrons. The zero-order valence-corrected chi connectivity index (χ0v) is 18.0. The van der Waals surface area contributed by atoms with Crippen molar-refractivity contribution in [1.82, 2.24) is 9.80 Å². The number of anilines is 1. The number of rotatable bonds is 5. The van der Waals surface area contributed by atoms with Gasteiger partial charge in [0.05, 0.1) is 12.3 Å². The van der Waals surface area contributed by atoms with E-state index < -0.39 is 0 Å². The maximum atomic E-state index is 12.6. The third kappa shape index (κ3) is 4.45. The lowest BCUT2D eigenvalue weighted by Crippen LogP contribution is -2.46. The molecule has 1 atom stereocenters. The Morgan fingerprint density at radius 1 is 1.10 bits per heavy atom. The molecule has 0 bridgehead atoms. The highest BCUT2D eigenvalue weighted by Gasteiger charge is 2.29. The first-order chi connectivity index (χ1) is 14.0. The molecule has 3 heterocycles. The maximum Gasteiger partial charge on any atom is 0.291 e. The molecule has 0 radical (unpaired) electrons. The van der Waals surface area contributed by atoms with Crippen molar-refractivity contribution in [3.63, 3.8) is 0 Å². The van der Waals surface area contributed by atoms with Crippen molar-refractivity contribution in [3.05, 3.63) is 76.1 Å². The van der Waals surface area contributed by atoms with Gasteiger partial charge in [-0.1, -0.05) is 29.8 Å². The van der Waals surface area contributed by atoms with Crippen LogP contribution in [0.2, 0.25) is 0 Å². The van der Waals surface area contributed by atoms with Crippen LogP contribution in [0.5, 0.6) is 0 Å². The molecule has 1 aliphatic heterocycles. The normalized spacial score (nSPS) is 16.7. The molecule has 1 aliphatic rings. The van der Waals surface area contributed by atoms with Gasteiger partial charge in [0.15, 0.2) is 5.76 Å². The van der Waals surface area contributed by atoms with E-state index in [4.69, 9.17) is 4.42 Å². The van der Waals surface area contributed by atoms with Gasteiger partial charge in [-0.25, -0.2) is 0 Å². The van der Waals surface area contributed by atoms with Gasteiger partial charge >= 0.3 is 0 Å². The SMILES string of the molecule is Cc1ccc(C(c2cc(C)sc2NC(=O)c2ccco2)N2CCN(C)CC2)cc1. The molecule has 1 amide bonds. The summed E-state index contributed by atoms with van der Waals surface area (Å²) in [5, 5.41) is 3.99. The number of carbonyl (C=O) groups is 1. The lowest BCUT2D eigenvalue weighted by Gasteiger charge is -2.38. The van der Waals surface area contributed by atoms with Gasteiger partial charge in [0, 0.05) is 36.6 Å². The average molecular weight is 410 g/mol. The molecule has 1 N–H and O–H groups in total. The summed E-state index contributed by atoms with van der Waals surface area (Å²) >= 11 is 1.62. The summed E-state index contributed by atoms with van der Waals surface area (Å²) in [6.07, 6.45) is 1.52. The summed E-state index contributed by atoms with van der Waals surface area (Å²) in [5.41, 5.74) is 3.66. The van der Waals surface area contributed by atoms with E-state index in [-0.39, 0.29) is 11.9 Å². The molecule has 29 heavy (non-hydrogen) atoms. The standard InChI is InChI=1S/C23H27N3O2S/c1-16-6-8-18(9-7-16)21(26-12-10-25(3)11-13-26)19-15-17(2)29-23(19)24-22(27)20-5-4-14-28-20/h4-9,14-15,21H,10-13H2,1-3H3,(H,24,27). The minimum Gasteiger partial charge on any atom is -0.459 e. The Morgan fingerprint density at radius 2 is 1.83 bits per heavy atom. The maximum absolute atomic E-state index is 12.6. The van der Waals surface area contributed by atoms with Gasteiger partial charge in [0.2, 0.25) is 0 Å². The number of piperazine rings is 1. The number of amides is 1. The molecule has 6 heteroatoms. The first kappa shape index (κ1) is 19.9. The van der Waals surface area contributed by atoms with E-state index in [0.29, 0.717) is 5.76 Å². The van der Waals surface area contributed by atoms with Crippen LogP contribution >= 0.6 is 11.3 Å². The van der Waals surface area contributed by atoms with Crippen molar-refractivity contribution in [2.45, 2.75) is 19.9 Å². The molecule has 0 saturated carbocycles. The van der Waals surface area contributed by atoms with Crippen molar-refractivity contribution in [2.75, 3.05) is 38.5 Å². The topological polar surface area (TPSA) is 48.7 Å². The molecule has 0 aliphatic carbocycles. The highest BCUT2D eigenvalue weighted by atomic mass is 32.1. The molecule has 1 aromatic carbocycles. The number of aryl methyl sites for hydroxylation is 2. The second-order valence-corrected chi connectivity index (χ2v) is 8.98. The fourth-order valence-corrected chi connectivity index (χ4v) is 4.76. The van der Waals surface area contributed by atoms with Gasteiger partial charge in [-0.2, -0.15) is 0 Å². The van der Waals surface area contributed by atoms with Crippen LogP contribution in [0.1, 0.15) is 38.2 Å². The lowest BCUT2D eigenvalue weighted by molar-refractivity contribution is 0.0996. The Hall–Kier alpha value is -2.41. The monoisotopic (exact) mass is 409 g/mol. The smallest absolute Gasteiger partial charge is 0.291 e. The Morgan fingerprint density at radius 3 is 2.48 bits per heavy atom. The van der Waals surface area contributed by atoms with Gasteiger partial charge in [-0.05, 0) is 44.7 Å². The number of furan rings is 1. The molecular weight excluding hydrogens is 382 g/mol. The molecule has 3 aromatic rings. The predicted octanol–water partition coefficient (Wildman–Crippen LogP) is 4.55. The number of nitrogens with zero attached hydrogens (tertiary/aromatic N) is 2. The number of hydrogen-bond acceptors (Lipinski definition) is 5. The highest BCUT2D eigenvalue weighted by molar-refractivity contribution is 7.16. The third-order valence-electron chi connectivity index (χ3n) is 5.45. The zero-order chi connectivity index (χ0) is 20.4. The van der Waals surface area contributed by atoms with Crippen LogP contribution in [0, 0.1) is 13.8 Å². The van der Waals surface area contributed by atoms with E-state index >= 15 is 0 Å². The molecule has 1 fully saturated rings. The summed E-state index contributed by atoms with van der Waals surface area (Å²) in [6.45, 7) is 8.27. The summed E-state index contributed by atoms with van der Waals surface area (Å²) in [6, 6.07) is 14.5. The van der Waals surface area contributed by atoms with E-state index in [9.17, 15) is 4.79 Å². The quantitative estimate of drug-likeness (QED) is 0.672. The Kier molecular flexibility index (Phi) is 5.85. The molecule has 4 rings (SSSR count). The Balaban J connectivity index is 1.70. The van der Waals surface area contributed by atoms with Crippen molar-refractivity contribution in [1.29, 1.82) is 0 Å². The van der Waals surface area contributed by atoms with Crippen LogP contribution in [-0.4, -0.2) is 48.9 Å². The molecule has 2 aromatic heterocycles. The number of carbonyl (C=O) groups excluding carboxylic acids is 1. The van der Waals surface area contributed by atoms with Crippen molar-refractivity contribution >= 4 is 22.2 Å². The summed E-state index contributed by atoms with van der Waals surface area (Å²) in [7, 11) is 2.17. The molecule has 0 spiro atoms. The first-order valence-corrected chi connectivity index (χ1v) is 10.8. The largest absolute Gasteiger partial charge is 0.459 e. The van der Waals surface area contributed by atoms with E-state index in [1.807, 2.05) is 0 Å². The Labute approximate surface area is 175 Å². The fraction of sp³-hybridized carbons (Fsp3) is 0.348. The molecular formula is C23H27N3O2S. The molecule has 1 unspecified atom stereocenters. The number of thiophene rings is 1. The van der Waals surface area contributed by atoms with Gasteiger partial charge in [0.1, 0.15) is 5.00 Å². The zero-order valence-electron chi connectivity index (χ0n) is 17.1. The lowest BCUT2D eigenvalue weighted by atomic mass is 9.96. The number of nitrogens with one attached hydrogen (secondary N) is 1. The average Bonchev–Trinajstić information content (AvgIpc) is 3.35. The molecule has 5 nitrogen and oxygen atoms in total. The van der Waals surface area contributed by atoms with Crippen LogP contribution in [0.4, 0.5) is 5.00 Å². The van der Waals surface area contributed by atoms with E-state index in [1.165, 1.54) is 22.3 Å². The van der Waals surface area contributed by atoms with Crippen LogP contribution in [0.25, 0.3) is 0 Å². The minimum absolute atomic E-state index is 0.112. The Bertz CT molecular complexity index is 955. The summed E-state index contributed by atoms with van der Waals surface area (Å²) < 4.78 is 5.28. The van der Waals surface area contributed by atoms with E-state index in [0.717, 1.165) is 36.7 Å². The number of likely N-dealkylation sites (N-methyl/N-ethyl adjacent to an activating group) is 1. The van der Waals surface area contributed by atoms with Gasteiger partial charge in [-0.3, -0.25) is 9.69 Å². The first-order valence-electron chi connectivity index (χ1n) is 9.95. The van der Waals surface area contributed by atoms with Crippen molar-refractivity contribution in [2.24, 2.45) is 0 Å². The van der Waals surface area contributed by atoms with Crippen LogP contribution < -0.4 is 5.32 Å². The van der Waals surface area contributed by atoms with Gasteiger partial charge < -0.3 is 14.6 Å².